The van der Waals surface area contributed by atoms with Crippen LogP contribution in [0.4, 0.5) is 0 Å². The zero-order chi connectivity index (χ0) is 19.4. The van der Waals surface area contributed by atoms with E-state index in [1.807, 2.05) is 19.9 Å². The van der Waals surface area contributed by atoms with Crippen LogP contribution < -0.4 is 5.32 Å². The molecule has 1 atom stereocenters. The maximum Gasteiger partial charge on any atom is 0.254 e. The van der Waals surface area contributed by atoms with Crippen LogP contribution in [0.1, 0.15) is 40.3 Å². The summed E-state index contributed by atoms with van der Waals surface area (Å²) in [7, 11) is 0. The molecule has 0 saturated heterocycles. The molecule has 0 fully saturated rings. The molecule has 5 nitrogen and oxygen atoms in total. The highest BCUT2D eigenvalue weighted by Gasteiger charge is 2.18. The monoisotopic (exact) mass is 421 g/mol. The topological polar surface area (TPSA) is 68.0 Å². The summed E-state index contributed by atoms with van der Waals surface area (Å²) in [5, 5.41) is 8.62. The fourth-order valence-electron chi connectivity index (χ4n) is 2.51. The molecule has 0 aliphatic heterocycles. The molecule has 27 heavy (non-hydrogen) atoms. The SMILES string of the molecule is Cc1cc(CSc2ncccc2C(=O)N[C@H](C)c2ccc(Cl)cc2Cl)no1. The second-order valence-corrected chi connectivity index (χ2v) is 7.74. The molecular weight excluding hydrogens is 405 g/mol. The average molecular weight is 422 g/mol. The predicted molar refractivity (Wildman–Crippen MR) is 107 cm³/mol. The van der Waals surface area contributed by atoms with E-state index in [-0.39, 0.29) is 11.9 Å². The molecule has 0 saturated carbocycles. The Morgan fingerprint density at radius 1 is 1.30 bits per heavy atom. The van der Waals surface area contributed by atoms with Crippen LogP contribution in [0, 0.1) is 6.92 Å². The molecule has 0 bridgehead atoms. The molecule has 140 valence electrons. The van der Waals surface area contributed by atoms with Crippen molar-refractivity contribution in [3.8, 4) is 0 Å². The van der Waals surface area contributed by atoms with Crippen LogP contribution in [-0.4, -0.2) is 16.0 Å². The van der Waals surface area contributed by atoms with Gasteiger partial charge in [-0.05, 0) is 43.7 Å². The maximum absolute atomic E-state index is 12.8. The Hall–Kier alpha value is -2.02. The molecule has 0 aliphatic rings. The fourth-order valence-corrected chi connectivity index (χ4v) is 3.96. The molecule has 1 N–H and O–H groups in total. The van der Waals surface area contributed by atoms with Crippen LogP contribution in [0.3, 0.4) is 0 Å². The highest BCUT2D eigenvalue weighted by atomic mass is 35.5. The molecule has 3 aromatic rings. The van der Waals surface area contributed by atoms with Gasteiger partial charge in [0.25, 0.3) is 5.91 Å². The molecule has 1 aromatic carbocycles. The first-order valence-electron chi connectivity index (χ1n) is 8.20. The lowest BCUT2D eigenvalue weighted by Gasteiger charge is -2.17. The minimum Gasteiger partial charge on any atom is -0.361 e. The third kappa shape index (κ3) is 5.03. The number of hydrogen-bond donors (Lipinski definition) is 1. The summed E-state index contributed by atoms with van der Waals surface area (Å²) in [5.41, 5.74) is 2.10. The van der Waals surface area contributed by atoms with Gasteiger partial charge in [-0.3, -0.25) is 4.79 Å². The van der Waals surface area contributed by atoms with Gasteiger partial charge in [-0.25, -0.2) is 4.98 Å². The summed E-state index contributed by atoms with van der Waals surface area (Å²) >= 11 is 13.6. The van der Waals surface area contributed by atoms with Crippen molar-refractivity contribution in [2.75, 3.05) is 0 Å². The number of aromatic nitrogens is 2. The van der Waals surface area contributed by atoms with Crippen molar-refractivity contribution in [3.63, 3.8) is 0 Å². The minimum absolute atomic E-state index is 0.222. The number of benzene rings is 1. The van der Waals surface area contributed by atoms with Gasteiger partial charge in [0.1, 0.15) is 10.8 Å². The normalized spacial score (nSPS) is 12.0. The maximum atomic E-state index is 12.8. The van der Waals surface area contributed by atoms with Crippen LogP contribution in [0.25, 0.3) is 0 Å². The van der Waals surface area contributed by atoms with Gasteiger partial charge in [0.2, 0.25) is 0 Å². The molecule has 1 amide bonds. The number of amides is 1. The van der Waals surface area contributed by atoms with Crippen LogP contribution in [0.15, 0.2) is 52.1 Å². The van der Waals surface area contributed by atoms with Crippen molar-refractivity contribution >= 4 is 40.9 Å². The van der Waals surface area contributed by atoms with E-state index in [0.717, 1.165) is 17.0 Å². The second kappa shape index (κ2) is 8.78. The number of halogens is 2. The van der Waals surface area contributed by atoms with Crippen LogP contribution in [0.2, 0.25) is 10.0 Å². The van der Waals surface area contributed by atoms with E-state index in [2.05, 4.69) is 15.5 Å². The molecule has 0 unspecified atom stereocenters. The summed E-state index contributed by atoms with van der Waals surface area (Å²) in [6.45, 7) is 3.71. The standard InChI is InChI=1S/C19H17Cl2N3O2S/c1-11-8-14(24-26-11)10-27-19-16(4-3-7-22-19)18(25)23-12(2)15-6-5-13(20)9-17(15)21/h3-9,12H,10H2,1-2H3,(H,23,25)/t12-/m1/s1. The first-order valence-corrected chi connectivity index (χ1v) is 9.94. The number of hydrogen-bond acceptors (Lipinski definition) is 5. The molecule has 2 heterocycles. The lowest BCUT2D eigenvalue weighted by Crippen LogP contribution is -2.27. The minimum atomic E-state index is -0.279. The third-order valence-electron chi connectivity index (χ3n) is 3.83. The Morgan fingerprint density at radius 3 is 2.81 bits per heavy atom. The number of carbonyl (C=O) groups excluding carboxylic acids is 1. The predicted octanol–water partition coefficient (Wildman–Crippen LogP) is 5.47. The van der Waals surface area contributed by atoms with Gasteiger partial charge < -0.3 is 9.84 Å². The summed E-state index contributed by atoms with van der Waals surface area (Å²) in [4.78, 5) is 17.1. The highest BCUT2D eigenvalue weighted by Crippen LogP contribution is 2.28. The molecule has 3 rings (SSSR count). The van der Waals surface area contributed by atoms with E-state index in [0.29, 0.717) is 26.4 Å². The molecule has 0 spiro atoms. The van der Waals surface area contributed by atoms with Crippen LogP contribution in [-0.2, 0) is 5.75 Å². The van der Waals surface area contributed by atoms with E-state index in [9.17, 15) is 4.79 Å². The van der Waals surface area contributed by atoms with Gasteiger partial charge in [-0.15, -0.1) is 0 Å². The fraction of sp³-hybridized carbons (Fsp3) is 0.211. The highest BCUT2D eigenvalue weighted by molar-refractivity contribution is 7.98. The van der Waals surface area contributed by atoms with Crippen molar-refractivity contribution in [2.24, 2.45) is 0 Å². The first-order chi connectivity index (χ1) is 12.9. The zero-order valence-electron chi connectivity index (χ0n) is 14.7. The quantitative estimate of drug-likeness (QED) is 0.534. The Bertz CT molecular complexity index is 962. The van der Waals surface area contributed by atoms with Gasteiger partial charge in [0, 0.05) is 28.1 Å². The van der Waals surface area contributed by atoms with Gasteiger partial charge in [-0.2, -0.15) is 0 Å². The first kappa shape index (κ1) is 19.7. The Balaban J connectivity index is 1.72. The van der Waals surface area contributed by atoms with Crippen molar-refractivity contribution < 1.29 is 9.32 Å². The summed E-state index contributed by atoms with van der Waals surface area (Å²) in [6.07, 6.45) is 1.66. The molecular formula is C19H17Cl2N3O2S. The summed E-state index contributed by atoms with van der Waals surface area (Å²) in [6, 6.07) is 10.3. The third-order valence-corrected chi connectivity index (χ3v) is 5.43. The molecule has 0 radical (unpaired) electrons. The lowest BCUT2D eigenvalue weighted by atomic mass is 10.1. The lowest BCUT2D eigenvalue weighted by molar-refractivity contribution is 0.0936. The van der Waals surface area contributed by atoms with Crippen molar-refractivity contribution in [3.05, 3.63) is 75.2 Å². The van der Waals surface area contributed by atoms with Crippen molar-refractivity contribution in [2.45, 2.75) is 30.7 Å². The van der Waals surface area contributed by atoms with Crippen LogP contribution >= 0.6 is 35.0 Å². The van der Waals surface area contributed by atoms with Crippen LogP contribution in [0.5, 0.6) is 0 Å². The van der Waals surface area contributed by atoms with Gasteiger partial charge in [0.05, 0.1) is 17.3 Å². The summed E-state index contributed by atoms with van der Waals surface area (Å²) < 4.78 is 5.07. The largest absolute Gasteiger partial charge is 0.361 e. The molecule has 8 heteroatoms. The number of nitrogens with one attached hydrogen (secondary N) is 1. The number of rotatable bonds is 6. The Kier molecular flexibility index (Phi) is 6.42. The number of pyridine rings is 1. The number of nitrogens with zero attached hydrogens (tertiary/aromatic N) is 2. The van der Waals surface area contributed by atoms with E-state index in [4.69, 9.17) is 27.7 Å². The van der Waals surface area contributed by atoms with E-state index in [1.54, 1.807) is 36.5 Å². The van der Waals surface area contributed by atoms with E-state index in [1.165, 1.54) is 11.8 Å². The second-order valence-electron chi connectivity index (χ2n) is 5.93. The number of carbonyl (C=O) groups is 1. The van der Waals surface area contributed by atoms with Gasteiger partial charge >= 0.3 is 0 Å². The van der Waals surface area contributed by atoms with Crippen molar-refractivity contribution in [1.29, 1.82) is 0 Å². The number of aryl methyl sites for hydroxylation is 1. The van der Waals surface area contributed by atoms with Gasteiger partial charge in [-0.1, -0.05) is 46.2 Å². The Labute approximate surface area is 171 Å². The number of thioether (sulfide) groups is 1. The van der Waals surface area contributed by atoms with Crippen molar-refractivity contribution in [1.82, 2.24) is 15.5 Å². The Morgan fingerprint density at radius 2 is 2.11 bits per heavy atom. The molecule has 0 aliphatic carbocycles. The zero-order valence-corrected chi connectivity index (χ0v) is 17.0. The average Bonchev–Trinajstić information content (AvgIpc) is 3.05. The summed E-state index contributed by atoms with van der Waals surface area (Å²) in [5.74, 6) is 1.09. The van der Waals surface area contributed by atoms with Gasteiger partial charge in [0.15, 0.2) is 0 Å². The smallest absolute Gasteiger partial charge is 0.254 e. The van der Waals surface area contributed by atoms with E-state index < -0.39 is 0 Å². The van der Waals surface area contributed by atoms with E-state index >= 15 is 0 Å². The molecule has 2 aromatic heterocycles.